The zero-order valence-electron chi connectivity index (χ0n) is 21.2. The maximum absolute atomic E-state index is 12.5. The molecule has 1 unspecified atom stereocenters. The molecule has 1 heterocycles. The number of unbranched alkanes of at least 4 members (excludes halogenated alkanes) is 2. The molecule has 3 aromatic rings. The third-order valence-electron chi connectivity index (χ3n) is 5.22. The Morgan fingerprint density at radius 2 is 1.97 bits per heavy atom. The van der Waals surface area contributed by atoms with Crippen LogP contribution >= 0.6 is 0 Å². The molecule has 0 radical (unpaired) electrons. The van der Waals surface area contributed by atoms with Crippen molar-refractivity contribution in [3.63, 3.8) is 0 Å². The second-order valence-electron chi connectivity index (χ2n) is 8.08. The molecule has 3 rings (SSSR count). The van der Waals surface area contributed by atoms with E-state index in [1.165, 1.54) is 6.07 Å². The topological polar surface area (TPSA) is 103 Å². The molecular weight excluding hydrogens is 454 g/mol. The Bertz CT molecular complexity index is 1180. The summed E-state index contributed by atoms with van der Waals surface area (Å²) in [5.41, 5.74) is 1.71. The first-order chi connectivity index (χ1) is 17.1. The summed E-state index contributed by atoms with van der Waals surface area (Å²) in [5, 5.41) is 8.75. The maximum Gasteiger partial charge on any atom is 0.303 e. The van der Waals surface area contributed by atoms with Gasteiger partial charge in [0.05, 0.1) is 27.8 Å². The number of hydrogen-bond donors (Lipinski definition) is 1. The SMILES string of the molecule is [2H]C([2H])(c1ccccc1OCCCCCC(=O)O)N(c1ccc(-c2ccco2)cc1C(C)C)S(=O)[O-]. The van der Waals surface area contributed by atoms with Gasteiger partial charge in [0.2, 0.25) is 0 Å². The van der Waals surface area contributed by atoms with Gasteiger partial charge < -0.3 is 18.8 Å². The van der Waals surface area contributed by atoms with Gasteiger partial charge in [-0.1, -0.05) is 32.0 Å². The molecule has 0 amide bonds. The smallest absolute Gasteiger partial charge is 0.303 e. The summed E-state index contributed by atoms with van der Waals surface area (Å²) in [7, 11) is 0. The molecule has 0 aliphatic carbocycles. The van der Waals surface area contributed by atoms with Crippen molar-refractivity contribution in [2.75, 3.05) is 10.9 Å². The second-order valence-corrected chi connectivity index (χ2v) is 8.88. The van der Waals surface area contributed by atoms with Crippen molar-refractivity contribution in [3.05, 3.63) is 72.0 Å². The molecule has 0 fully saturated rings. The molecule has 0 spiro atoms. The van der Waals surface area contributed by atoms with E-state index in [1.54, 1.807) is 48.7 Å². The van der Waals surface area contributed by atoms with Gasteiger partial charge in [-0.25, -0.2) is 0 Å². The summed E-state index contributed by atoms with van der Waals surface area (Å²) in [5.74, 6) is -0.0926. The Hall–Kier alpha value is -3.10. The minimum Gasteiger partial charge on any atom is -0.755 e. The van der Waals surface area contributed by atoms with Crippen LogP contribution in [0.2, 0.25) is 0 Å². The minimum atomic E-state index is -2.94. The van der Waals surface area contributed by atoms with Crippen LogP contribution in [0.5, 0.6) is 5.75 Å². The minimum absolute atomic E-state index is 0.0737. The van der Waals surface area contributed by atoms with E-state index in [1.807, 2.05) is 19.9 Å². The number of carboxylic acid groups (broad SMARTS) is 1. The first kappa shape index (κ1) is 22.7. The van der Waals surface area contributed by atoms with Crippen LogP contribution in [0, 0.1) is 0 Å². The van der Waals surface area contributed by atoms with Gasteiger partial charge in [-0.15, -0.1) is 0 Å². The van der Waals surface area contributed by atoms with Crippen LogP contribution in [0.4, 0.5) is 5.69 Å². The number of furan rings is 1. The van der Waals surface area contributed by atoms with Crippen molar-refractivity contribution in [1.29, 1.82) is 0 Å². The summed E-state index contributed by atoms with van der Waals surface area (Å²) < 4.78 is 54.8. The van der Waals surface area contributed by atoms with Gasteiger partial charge in [0.15, 0.2) is 0 Å². The van der Waals surface area contributed by atoms with Crippen LogP contribution in [0.15, 0.2) is 65.3 Å². The number of carbonyl (C=O) groups is 1. The first-order valence-corrected chi connectivity index (χ1v) is 12.2. The maximum atomic E-state index is 12.5. The highest BCUT2D eigenvalue weighted by Gasteiger charge is 2.18. The number of ether oxygens (including phenoxy) is 1. The molecule has 7 nitrogen and oxygen atoms in total. The number of nitrogens with zero attached hydrogens (tertiary/aromatic N) is 1. The van der Waals surface area contributed by atoms with Crippen LogP contribution < -0.4 is 9.04 Å². The summed E-state index contributed by atoms with van der Waals surface area (Å²) in [6, 6.07) is 15.1. The molecule has 1 atom stereocenters. The first-order valence-electron chi connectivity index (χ1n) is 12.1. The van der Waals surface area contributed by atoms with Gasteiger partial charge in [-0.05, 0) is 67.1 Å². The monoisotopic (exact) mass is 486 g/mol. The van der Waals surface area contributed by atoms with E-state index < -0.39 is 23.7 Å². The molecule has 1 N–H and O–H groups in total. The number of anilines is 1. The molecule has 0 bridgehead atoms. The lowest BCUT2D eigenvalue weighted by Gasteiger charge is -2.30. The number of hydrogen-bond acceptors (Lipinski definition) is 5. The van der Waals surface area contributed by atoms with E-state index in [-0.39, 0.29) is 35.9 Å². The molecule has 0 aliphatic heterocycles. The Balaban J connectivity index is 1.92. The molecule has 0 aliphatic rings. The molecule has 1 aromatic heterocycles. The van der Waals surface area contributed by atoms with Gasteiger partial charge in [-0.2, -0.15) is 0 Å². The molecule has 34 heavy (non-hydrogen) atoms. The quantitative estimate of drug-likeness (QED) is 0.238. The predicted molar refractivity (Wildman–Crippen MR) is 131 cm³/mol. The third-order valence-corrected chi connectivity index (χ3v) is 5.81. The van der Waals surface area contributed by atoms with E-state index in [0.717, 1.165) is 9.87 Å². The number of para-hydroxylation sites is 1. The Labute approximate surface area is 205 Å². The third kappa shape index (κ3) is 6.95. The Kier molecular flexibility index (Phi) is 8.26. The largest absolute Gasteiger partial charge is 0.755 e. The lowest BCUT2D eigenvalue weighted by molar-refractivity contribution is -0.137. The van der Waals surface area contributed by atoms with E-state index in [4.69, 9.17) is 17.0 Å². The van der Waals surface area contributed by atoms with Crippen LogP contribution in [0.1, 0.15) is 59.3 Å². The Morgan fingerprint density at radius 1 is 1.18 bits per heavy atom. The zero-order chi connectivity index (χ0) is 26.3. The van der Waals surface area contributed by atoms with Gasteiger partial charge in [0.1, 0.15) is 11.5 Å². The molecule has 0 saturated heterocycles. The summed E-state index contributed by atoms with van der Waals surface area (Å²) in [4.78, 5) is 10.7. The summed E-state index contributed by atoms with van der Waals surface area (Å²) in [6.07, 6.45) is 3.40. The highest BCUT2D eigenvalue weighted by Crippen LogP contribution is 2.35. The van der Waals surface area contributed by atoms with Crippen molar-refractivity contribution in [1.82, 2.24) is 0 Å². The lowest BCUT2D eigenvalue weighted by atomic mass is 9.97. The van der Waals surface area contributed by atoms with Crippen molar-refractivity contribution < 1.29 is 30.6 Å². The summed E-state index contributed by atoms with van der Waals surface area (Å²) >= 11 is -2.94. The van der Waals surface area contributed by atoms with Crippen molar-refractivity contribution in [2.24, 2.45) is 0 Å². The highest BCUT2D eigenvalue weighted by atomic mass is 32.2. The standard InChI is InChI=1S/C26H31NO6S/c1-19(2)22-17-20(24-11-8-16-33-24)13-14-23(22)27(34(30)31)18-21-9-5-6-10-25(21)32-15-7-3-4-12-26(28)29/h5-6,8-11,13-14,16-17,19H,3-4,7,12,15,18H2,1-2H3,(H,28,29)(H,30,31)/p-1/i18D2. The molecule has 0 saturated carbocycles. The van der Waals surface area contributed by atoms with E-state index in [0.29, 0.717) is 30.6 Å². The molecule has 2 aromatic carbocycles. The highest BCUT2D eigenvalue weighted by molar-refractivity contribution is 7.80. The number of aliphatic carboxylic acids is 1. The van der Waals surface area contributed by atoms with Crippen LogP contribution in [0.3, 0.4) is 0 Å². The van der Waals surface area contributed by atoms with Crippen molar-refractivity contribution >= 4 is 22.9 Å². The van der Waals surface area contributed by atoms with Crippen LogP contribution in [0.25, 0.3) is 11.3 Å². The number of rotatable bonds is 13. The van der Waals surface area contributed by atoms with Gasteiger partial charge in [-0.3, -0.25) is 13.3 Å². The fraction of sp³-hybridized carbons (Fsp3) is 0.346. The fourth-order valence-corrected chi connectivity index (χ4v) is 4.01. The number of carboxylic acids is 1. The summed E-state index contributed by atoms with van der Waals surface area (Å²) in [6.45, 7) is 1.62. The predicted octanol–water partition coefficient (Wildman–Crippen LogP) is 5.89. The molecule has 8 heteroatoms. The van der Waals surface area contributed by atoms with Crippen molar-refractivity contribution in [3.8, 4) is 17.1 Å². The van der Waals surface area contributed by atoms with Crippen molar-refractivity contribution in [2.45, 2.75) is 51.9 Å². The fourth-order valence-electron chi connectivity index (χ4n) is 3.51. The second kappa shape index (κ2) is 12.4. The Morgan fingerprint density at radius 3 is 2.65 bits per heavy atom. The van der Waals surface area contributed by atoms with E-state index in [9.17, 15) is 13.6 Å². The van der Waals surface area contributed by atoms with Gasteiger partial charge in [0.25, 0.3) is 0 Å². The average molecular weight is 487 g/mol. The van der Waals surface area contributed by atoms with E-state index in [2.05, 4.69) is 0 Å². The van der Waals surface area contributed by atoms with Gasteiger partial charge in [0, 0.05) is 28.8 Å². The van der Waals surface area contributed by atoms with Gasteiger partial charge >= 0.3 is 5.97 Å². The zero-order valence-corrected chi connectivity index (χ0v) is 20.0. The van der Waals surface area contributed by atoms with E-state index >= 15 is 0 Å². The van der Waals surface area contributed by atoms with Crippen LogP contribution in [-0.2, 0) is 22.6 Å². The average Bonchev–Trinajstić information content (AvgIpc) is 3.36. The molecule has 182 valence electrons. The van der Waals surface area contributed by atoms with Crippen LogP contribution in [-0.4, -0.2) is 26.4 Å². The lowest BCUT2D eigenvalue weighted by Crippen LogP contribution is -2.26. The number of benzene rings is 2. The molecular formula is C26H30NO6S-. The normalized spacial score (nSPS) is 13.3.